The molecule has 284 valence electrons. The van der Waals surface area contributed by atoms with Crippen LogP contribution in [0.15, 0.2) is 87.5 Å². The highest BCUT2D eigenvalue weighted by Gasteiger charge is 2.25. The van der Waals surface area contributed by atoms with Gasteiger partial charge in [-0.2, -0.15) is 25.3 Å². The lowest BCUT2D eigenvalue weighted by atomic mass is 9.85. The highest BCUT2D eigenvalue weighted by molar-refractivity contribution is 7.86. The van der Waals surface area contributed by atoms with Gasteiger partial charge in [0.2, 0.25) is 0 Å². The van der Waals surface area contributed by atoms with E-state index >= 15 is 0 Å². The van der Waals surface area contributed by atoms with Crippen LogP contribution in [-0.4, -0.2) is 54.2 Å². The Balaban J connectivity index is 1.69. The van der Waals surface area contributed by atoms with Crippen molar-refractivity contribution in [1.82, 2.24) is 0 Å². The number of phenolic OH excluding ortho intramolecular Hbond substituents is 3. The molecule has 0 unspecified atom stereocenters. The largest absolute Gasteiger partial charge is 0.872 e. The van der Waals surface area contributed by atoms with Gasteiger partial charge >= 0.3 is 0 Å². The monoisotopic (exact) mass is 795 g/mol. The van der Waals surface area contributed by atoms with Crippen molar-refractivity contribution in [2.75, 3.05) is 0 Å². The number of benzene rings is 5. The molecular formula is C38H35O13S3-. The molecule has 6 N–H and O–H groups in total. The van der Waals surface area contributed by atoms with E-state index in [0.717, 1.165) is 42.0 Å². The summed E-state index contributed by atoms with van der Waals surface area (Å²) >= 11 is 0. The lowest BCUT2D eigenvalue weighted by Gasteiger charge is -2.24. The Kier molecular flexibility index (Phi) is 9.62. The van der Waals surface area contributed by atoms with E-state index < -0.39 is 93.7 Å². The fourth-order valence-electron chi connectivity index (χ4n) is 6.61. The fraction of sp³-hybridized carbons (Fsp3) is 0.211. The Morgan fingerprint density at radius 1 is 0.463 bits per heavy atom. The number of aromatic hydroxyl groups is 3. The second-order valence-electron chi connectivity index (χ2n) is 14.4. The molecule has 8 bridgehead atoms. The van der Waals surface area contributed by atoms with E-state index in [-0.39, 0.29) is 49.9 Å². The van der Waals surface area contributed by atoms with Crippen LogP contribution in [0.3, 0.4) is 0 Å². The molecule has 1 aliphatic rings. The van der Waals surface area contributed by atoms with E-state index in [4.69, 9.17) is 0 Å². The normalized spacial score (nSPS) is 13.8. The van der Waals surface area contributed by atoms with Crippen molar-refractivity contribution in [2.24, 2.45) is 0 Å². The Morgan fingerprint density at radius 2 is 0.741 bits per heavy atom. The molecule has 0 heterocycles. The van der Waals surface area contributed by atoms with Crippen LogP contribution in [0.4, 0.5) is 0 Å². The summed E-state index contributed by atoms with van der Waals surface area (Å²) in [6.45, 7) is 6.12. The van der Waals surface area contributed by atoms with Gasteiger partial charge in [-0.3, -0.25) is 13.7 Å². The Morgan fingerprint density at radius 3 is 1.00 bits per heavy atom. The van der Waals surface area contributed by atoms with E-state index in [2.05, 4.69) is 0 Å². The van der Waals surface area contributed by atoms with E-state index in [1.165, 1.54) is 12.1 Å². The van der Waals surface area contributed by atoms with E-state index in [1.54, 1.807) is 0 Å². The number of rotatable bonds is 4. The molecule has 54 heavy (non-hydrogen) atoms. The van der Waals surface area contributed by atoms with Gasteiger partial charge in [0.05, 0.1) is 14.7 Å². The van der Waals surface area contributed by atoms with Crippen molar-refractivity contribution in [3.63, 3.8) is 0 Å². The summed E-state index contributed by atoms with van der Waals surface area (Å²) in [5.74, 6) is -2.29. The zero-order chi connectivity index (χ0) is 39.7. The summed E-state index contributed by atoms with van der Waals surface area (Å²) in [5, 5.41) is 48.6. The molecular weight excluding hydrogens is 761 g/mol. The zero-order valence-electron chi connectivity index (χ0n) is 29.0. The molecule has 6 rings (SSSR count). The van der Waals surface area contributed by atoms with Gasteiger partial charge in [0.15, 0.2) is 0 Å². The lowest BCUT2D eigenvalue weighted by Crippen LogP contribution is -2.10. The van der Waals surface area contributed by atoms with Gasteiger partial charge in [-0.05, 0) is 69.6 Å². The number of hydrogen-bond acceptors (Lipinski definition) is 10. The maximum Gasteiger partial charge on any atom is 0.294 e. The summed E-state index contributed by atoms with van der Waals surface area (Å²) in [6.07, 6.45) is -1.98. The quantitative estimate of drug-likeness (QED) is 0.125. The molecule has 1 aliphatic carbocycles. The molecule has 5 aromatic rings. The van der Waals surface area contributed by atoms with Gasteiger partial charge in [-0.1, -0.05) is 68.3 Å². The Hall–Kier alpha value is -4.97. The van der Waals surface area contributed by atoms with Crippen molar-refractivity contribution >= 4 is 30.4 Å². The number of phenols is 3. The third-order valence-corrected chi connectivity index (χ3v) is 12.0. The van der Waals surface area contributed by atoms with Crippen LogP contribution in [0.1, 0.15) is 70.8 Å². The fourth-order valence-corrected chi connectivity index (χ4v) is 8.35. The third kappa shape index (κ3) is 7.80. The van der Waals surface area contributed by atoms with Crippen LogP contribution in [0.25, 0.3) is 11.1 Å². The summed E-state index contributed by atoms with van der Waals surface area (Å²) in [7, 11) is -14.8. The Bertz CT molecular complexity index is 2560. The van der Waals surface area contributed by atoms with Crippen LogP contribution in [-0.2, 0) is 61.5 Å². The van der Waals surface area contributed by atoms with E-state index in [9.17, 15) is 59.3 Å². The van der Waals surface area contributed by atoms with Crippen LogP contribution < -0.4 is 5.11 Å². The molecule has 13 nitrogen and oxygen atoms in total. The third-order valence-electron chi connectivity index (χ3n) is 9.47. The average molecular weight is 796 g/mol. The van der Waals surface area contributed by atoms with Gasteiger partial charge < -0.3 is 20.4 Å². The number of fused-ring (bicyclic) bond motifs is 8. The van der Waals surface area contributed by atoms with Crippen LogP contribution in [0.5, 0.6) is 23.0 Å². The second-order valence-corrected chi connectivity index (χ2v) is 18.6. The first-order valence-electron chi connectivity index (χ1n) is 16.3. The van der Waals surface area contributed by atoms with Gasteiger partial charge in [-0.25, -0.2) is 0 Å². The van der Waals surface area contributed by atoms with Crippen molar-refractivity contribution in [3.05, 3.63) is 123 Å². The molecule has 0 radical (unpaired) electrons. The van der Waals surface area contributed by atoms with Crippen molar-refractivity contribution in [2.45, 2.75) is 66.6 Å². The summed E-state index contributed by atoms with van der Waals surface area (Å²) in [4.78, 5) is -2.08. The first kappa shape index (κ1) is 38.7. The van der Waals surface area contributed by atoms with E-state index in [0.29, 0.717) is 11.1 Å². The molecule has 0 saturated heterocycles. The minimum absolute atomic E-state index is 0.0346. The first-order valence-corrected chi connectivity index (χ1v) is 20.6. The summed E-state index contributed by atoms with van der Waals surface area (Å²) in [5.41, 5.74) is 0.834. The highest BCUT2D eigenvalue weighted by atomic mass is 32.2. The molecule has 0 fully saturated rings. The molecule has 0 aromatic heterocycles. The second kappa shape index (κ2) is 13.4. The zero-order valence-corrected chi connectivity index (χ0v) is 31.5. The maximum atomic E-state index is 14.2. The topological polar surface area (TPSA) is 247 Å². The molecule has 5 aromatic carbocycles. The van der Waals surface area contributed by atoms with Crippen LogP contribution in [0.2, 0.25) is 0 Å². The predicted molar refractivity (Wildman–Crippen MR) is 195 cm³/mol. The smallest absolute Gasteiger partial charge is 0.294 e. The standard InChI is InChI=1S/C38H36O13S3/c1-38(2,3)30-6-4-20(5-7-30)21-8-22-10-24-14-31(52(43,44)45)16-26(35(24)40)12-28-18-33(54(49,50)51)19-29(37(28)42)13-27-17-32(53(46,47)48)15-25(36(27)41)11-23(9-21)34(22)39/h4-9,14-19,39-42H,10-13H2,1-3H3,(H,43,44,45)(H,46,47,48)(H,49,50,51)/p-1. The Labute approximate surface area is 312 Å². The van der Waals surface area contributed by atoms with Gasteiger partial charge in [0.1, 0.15) is 17.2 Å². The molecule has 0 saturated carbocycles. The molecule has 0 amide bonds. The van der Waals surface area contributed by atoms with Crippen molar-refractivity contribution < 1.29 is 59.3 Å². The van der Waals surface area contributed by atoms with E-state index in [1.807, 2.05) is 45.0 Å². The minimum Gasteiger partial charge on any atom is -0.872 e. The summed E-state index contributed by atoms with van der Waals surface area (Å²) in [6, 6.07) is 16.1. The lowest BCUT2D eigenvalue weighted by molar-refractivity contribution is -0.270. The van der Waals surface area contributed by atoms with Crippen LogP contribution >= 0.6 is 0 Å². The van der Waals surface area contributed by atoms with Gasteiger partial charge in [0.25, 0.3) is 30.4 Å². The predicted octanol–water partition coefficient (Wildman–Crippen LogP) is 5.26. The van der Waals surface area contributed by atoms with Gasteiger partial charge in [-0.15, -0.1) is 5.75 Å². The van der Waals surface area contributed by atoms with Crippen molar-refractivity contribution in [3.8, 4) is 34.1 Å². The SMILES string of the molecule is CC(C)(C)c1ccc(-c2cc3c([O-])c(c2)Cc2cc(S(=O)(=O)O)cc(c2O)Cc2cc(S(=O)(=O)O)cc(c2O)Cc2cc(S(=O)(=O)O)cc(c2O)C3)cc1. The molecule has 0 aliphatic heterocycles. The molecule has 0 spiro atoms. The van der Waals surface area contributed by atoms with Crippen molar-refractivity contribution in [1.29, 1.82) is 0 Å². The maximum absolute atomic E-state index is 14.2. The molecule has 0 atom stereocenters. The summed E-state index contributed by atoms with van der Waals surface area (Å²) < 4.78 is 105. The minimum atomic E-state index is -4.97. The number of hydrogen-bond donors (Lipinski definition) is 6. The van der Waals surface area contributed by atoms with Crippen LogP contribution in [0, 0.1) is 0 Å². The highest BCUT2D eigenvalue weighted by Crippen LogP contribution is 2.41. The molecule has 16 heteroatoms. The first-order chi connectivity index (χ1) is 24.9. The van der Waals surface area contributed by atoms with Gasteiger partial charge in [0, 0.05) is 47.9 Å². The average Bonchev–Trinajstić information content (AvgIpc) is 3.05.